The third kappa shape index (κ3) is 5.44. The fourth-order valence-electron chi connectivity index (χ4n) is 8.46. The van der Waals surface area contributed by atoms with Crippen molar-refractivity contribution in [3.05, 3.63) is 76.7 Å². The number of benzene rings is 2. The van der Waals surface area contributed by atoms with Crippen LogP contribution in [0.15, 0.2) is 59.8 Å². The highest BCUT2D eigenvalue weighted by molar-refractivity contribution is 6.44. The maximum Gasteiger partial charge on any atom is 0.309 e. The monoisotopic (exact) mass is 572 g/mol. The second-order valence-corrected chi connectivity index (χ2v) is 13.0. The first kappa shape index (κ1) is 28.8. The molecule has 4 aliphatic carbocycles. The van der Waals surface area contributed by atoms with Crippen LogP contribution in [0.5, 0.6) is 0 Å². The fraction of sp³-hybridized carbons (Fsp3) is 0.514. The van der Waals surface area contributed by atoms with E-state index in [0.29, 0.717) is 24.9 Å². The summed E-state index contributed by atoms with van der Waals surface area (Å²) in [7, 11) is 0. The van der Waals surface area contributed by atoms with Crippen LogP contribution in [0.25, 0.3) is 0 Å². The van der Waals surface area contributed by atoms with Crippen LogP contribution in [-0.4, -0.2) is 30.2 Å². The Labute approximate surface area is 248 Å². The molecule has 42 heavy (non-hydrogen) atoms. The molecule has 0 radical (unpaired) electrons. The third-order valence-corrected chi connectivity index (χ3v) is 10.5. The molecule has 0 aromatic heterocycles. The number of carbonyl (C=O) groups is 2. The molecule has 6 rings (SSSR count). The number of nitrogens with two attached hydrogens (primary N) is 1. The molecule has 6 atom stereocenters. The van der Waals surface area contributed by atoms with Crippen LogP contribution in [0, 0.1) is 47.2 Å². The van der Waals surface area contributed by atoms with E-state index in [-0.39, 0.29) is 46.7 Å². The second kappa shape index (κ2) is 11.8. The van der Waals surface area contributed by atoms with Crippen LogP contribution in [0.2, 0.25) is 0 Å². The number of esters is 1. The van der Waals surface area contributed by atoms with Gasteiger partial charge in [0.1, 0.15) is 22.9 Å². The molecule has 0 heterocycles. The van der Waals surface area contributed by atoms with Gasteiger partial charge in [0.2, 0.25) is 0 Å². The average molecular weight is 573 g/mol. The van der Waals surface area contributed by atoms with E-state index in [1.807, 2.05) is 6.92 Å². The molecule has 222 valence electrons. The van der Waals surface area contributed by atoms with Crippen LogP contribution in [0.4, 0.5) is 10.1 Å². The summed E-state index contributed by atoms with van der Waals surface area (Å²) in [5.74, 6) is 0.0414. The number of carbonyl (C=O) groups excluding carboxylic acids is 2. The number of ether oxygens (including phenoxy) is 1. The summed E-state index contributed by atoms with van der Waals surface area (Å²) in [4.78, 5) is 26.7. The normalized spacial score (nSPS) is 29.8. The number of hydrogen-bond donors (Lipinski definition) is 3. The summed E-state index contributed by atoms with van der Waals surface area (Å²) >= 11 is 0. The van der Waals surface area contributed by atoms with E-state index < -0.39 is 0 Å². The summed E-state index contributed by atoms with van der Waals surface area (Å²) in [6, 6.07) is 14.9. The molecule has 3 fully saturated rings. The molecule has 4 aliphatic rings. The van der Waals surface area contributed by atoms with Crippen molar-refractivity contribution in [2.75, 3.05) is 6.61 Å². The Morgan fingerprint density at radius 1 is 1.07 bits per heavy atom. The molecule has 2 bridgehead atoms. The highest BCUT2D eigenvalue weighted by Gasteiger charge is 2.73. The van der Waals surface area contributed by atoms with Crippen LogP contribution in [-0.2, 0) is 20.7 Å². The lowest BCUT2D eigenvalue weighted by Gasteiger charge is -2.30. The van der Waals surface area contributed by atoms with E-state index >= 15 is 0 Å². The van der Waals surface area contributed by atoms with E-state index in [9.17, 15) is 14.0 Å². The molecular weight excluding hydrogens is 529 g/mol. The lowest BCUT2D eigenvalue weighted by atomic mass is 9.75. The van der Waals surface area contributed by atoms with Gasteiger partial charge in [-0.05, 0) is 94.7 Å². The fourth-order valence-corrected chi connectivity index (χ4v) is 8.46. The molecule has 1 spiro atoms. The number of aryl methyl sites for hydroxylation is 1. The topological polar surface area (TPSA) is 95.9 Å². The Kier molecular flexibility index (Phi) is 8.05. The molecule has 2 aromatic rings. The minimum absolute atomic E-state index is 0.0251. The van der Waals surface area contributed by atoms with Crippen molar-refractivity contribution in [1.82, 2.24) is 5.32 Å². The van der Waals surface area contributed by atoms with E-state index in [1.54, 1.807) is 12.1 Å². The van der Waals surface area contributed by atoms with Crippen molar-refractivity contribution in [3.63, 3.8) is 0 Å². The van der Waals surface area contributed by atoms with Gasteiger partial charge in [-0.2, -0.15) is 0 Å². The van der Waals surface area contributed by atoms with Gasteiger partial charge in [-0.1, -0.05) is 36.2 Å². The molecule has 0 saturated heterocycles. The number of nitrogens with one attached hydrogen (secondary N) is 2. The Morgan fingerprint density at radius 3 is 2.57 bits per heavy atom. The largest absolute Gasteiger partial charge is 0.466 e. The van der Waals surface area contributed by atoms with Crippen molar-refractivity contribution >= 4 is 23.3 Å². The van der Waals surface area contributed by atoms with Crippen molar-refractivity contribution in [1.29, 1.82) is 5.41 Å². The molecule has 4 N–H and O–H groups in total. The lowest BCUT2D eigenvalue weighted by molar-refractivity contribution is -0.526. The van der Waals surface area contributed by atoms with Crippen molar-refractivity contribution in [2.45, 2.75) is 77.7 Å². The molecule has 7 heteroatoms. The van der Waals surface area contributed by atoms with Crippen molar-refractivity contribution in [3.8, 4) is 0 Å². The Hall–Kier alpha value is -3.32. The van der Waals surface area contributed by atoms with Crippen LogP contribution < -0.4 is 10.6 Å². The zero-order chi connectivity index (χ0) is 29.4. The predicted molar refractivity (Wildman–Crippen MR) is 160 cm³/mol. The number of rotatable bonds is 9. The summed E-state index contributed by atoms with van der Waals surface area (Å²) in [6.45, 7) is 4.30. The summed E-state index contributed by atoms with van der Waals surface area (Å²) in [5.41, 5.74) is 4.93. The minimum atomic E-state index is -0.349. The predicted octanol–water partition coefficient (Wildman–Crippen LogP) is 5.52. The summed E-state index contributed by atoms with van der Waals surface area (Å²) in [6.07, 6.45) is 8.38. The van der Waals surface area contributed by atoms with Gasteiger partial charge < -0.3 is 10.1 Å². The standard InChI is InChI=1S/C35H42FN3O3/c1-3-42-34(41)30-23-12-13-25(19-23)35(30)20-29(35)39-33(40)31(37)28-7-5-4-6-24(18-22-10-8-21(2)9-11-22)32(28)38-27-16-14-26(36)15-17-27/h8-11,14-17,23-25,29-30,37-38H,3-7,12-13,18-20H2,1-2H3,(H,39,40)/p+1/t23?,24?,25?,29?,30-,35-/m1/s1. The van der Waals surface area contributed by atoms with Crippen LogP contribution in [0.1, 0.15) is 69.4 Å². The second-order valence-electron chi connectivity index (χ2n) is 13.0. The van der Waals surface area contributed by atoms with E-state index in [2.05, 4.69) is 41.8 Å². The van der Waals surface area contributed by atoms with Gasteiger partial charge >= 0.3 is 5.97 Å². The molecule has 1 amide bonds. The SMILES string of the molecule is CCOC(=O)[C@H]1C2CCC(C2)[C@@]12CC2NC(=O)C(=N)C1=C([NH2+]c2ccc(F)cc2)C(Cc2ccc(C)cc2)CCCC1. The summed E-state index contributed by atoms with van der Waals surface area (Å²) < 4.78 is 19.2. The van der Waals surface area contributed by atoms with Crippen LogP contribution >= 0.6 is 0 Å². The maximum atomic E-state index is 13.7. The molecule has 6 nitrogen and oxygen atoms in total. The molecule has 4 unspecified atom stereocenters. The van der Waals surface area contributed by atoms with E-state index in [4.69, 9.17) is 10.1 Å². The van der Waals surface area contributed by atoms with Gasteiger partial charge in [-0.15, -0.1) is 0 Å². The molecule has 0 aliphatic heterocycles. The molecular formula is C35H43FN3O3+. The first-order valence-corrected chi connectivity index (χ1v) is 15.8. The Balaban J connectivity index is 1.26. The zero-order valence-corrected chi connectivity index (χ0v) is 24.8. The van der Waals surface area contributed by atoms with Gasteiger partial charge in [0.05, 0.1) is 12.5 Å². The number of halogens is 1. The van der Waals surface area contributed by atoms with E-state index in [1.165, 1.54) is 23.3 Å². The Morgan fingerprint density at radius 2 is 1.83 bits per heavy atom. The highest BCUT2D eigenvalue weighted by atomic mass is 19.1. The number of hydrogen-bond acceptors (Lipinski definition) is 4. The lowest BCUT2D eigenvalue weighted by Crippen LogP contribution is -2.78. The molecule has 3 saturated carbocycles. The maximum absolute atomic E-state index is 13.7. The van der Waals surface area contributed by atoms with Gasteiger partial charge in [-0.3, -0.25) is 20.3 Å². The minimum Gasteiger partial charge on any atom is -0.466 e. The number of quaternary nitrogens is 1. The average Bonchev–Trinajstić information content (AvgIpc) is 3.36. The van der Waals surface area contributed by atoms with Gasteiger partial charge in [0.25, 0.3) is 5.91 Å². The third-order valence-electron chi connectivity index (χ3n) is 10.5. The highest BCUT2D eigenvalue weighted by Crippen LogP contribution is 2.71. The number of fused-ring (bicyclic) bond motifs is 3. The van der Waals surface area contributed by atoms with Gasteiger partial charge in [0.15, 0.2) is 0 Å². The quantitative estimate of drug-likeness (QED) is 0.210. The Bertz CT molecular complexity index is 1390. The first-order chi connectivity index (χ1) is 20.3. The van der Waals surface area contributed by atoms with Crippen LogP contribution in [0.3, 0.4) is 0 Å². The number of amides is 1. The molecule has 2 aromatic carbocycles. The number of allylic oxidation sites excluding steroid dienone is 1. The van der Waals surface area contributed by atoms with Crippen molar-refractivity contribution < 1.29 is 24.0 Å². The zero-order valence-electron chi connectivity index (χ0n) is 24.8. The summed E-state index contributed by atoms with van der Waals surface area (Å²) in [5, 5.41) is 14.4. The smallest absolute Gasteiger partial charge is 0.309 e. The van der Waals surface area contributed by atoms with E-state index in [0.717, 1.165) is 68.3 Å². The van der Waals surface area contributed by atoms with Gasteiger partial charge in [-0.25, -0.2) is 4.39 Å². The van der Waals surface area contributed by atoms with Gasteiger partial charge in [0, 0.05) is 35.1 Å². The van der Waals surface area contributed by atoms with Crippen molar-refractivity contribution in [2.24, 2.45) is 29.1 Å². The first-order valence-electron chi connectivity index (χ1n) is 15.8.